The van der Waals surface area contributed by atoms with Crippen molar-refractivity contribution in [3.63, 3.8) is 0 Å². The van der Waals surface area contributed by atoms with Gasteiger partial charge in [-0.1, -0.05) is 45.9 Å². The van der Waals surface area contributed by atoms with Crippen molar-refractivity contribution in [3.8, 4) is 0 Å². The minimum absolute atomic E-state index is 0.0854. The lowest BCUT2D eigenvalue weighted by Gasteiger charge is -2.43. The van der Waals surface area contributed by atoms with Gasteiger partial charge in [0.2, 0.25) is 0 Å². The van der Waals surface area contributed by atoms with Gasteiger partial charge in [0.25, 0.3) is 0 Å². The number of ether oxygens (including phenoxy) is 2. The second-order valence-electron chi connectivity index (χ2n) is 9.36. The van der Waals surface area contributed by atoms with Crippen LogP contribution < -0.4 is 0 Å². The fraction of sp³-hybridized carbons (Fsp3) is 0.750. The molecule has 1 aliphatic heterocycles. The minimum Gasteiger partial charge on any atom is -0.462 e. The standard InChI is InChI=1S/C24H36O5/c1-5-15(3)24(27)29-21-11-14(2)10-17-7-6-16(4)20(23(17)21)9-8-19-12-18(25)13-22(26)28-19/h6-7,10,14-16,18-21,23,25H,5,8-9,11-13H2,1-4H3/t14-,15?,16-,18-,19-,20-,21-,23-/m1/s1. The first-order valence-corrected chi connectivity index (χ1v) is 11.3. The number of allylic oxidation sites excluding steroid dienone is 3. The molecule has 3 rings (SSSR count). The maximum Gasteiger partial charge on any atom is 0.308 e. The summed E-state index contributed by atoms with van der Waals surface area (Å²) in [6.45, 7) is 8.33. The lowest BCUT2D eigenvalue weighted by molar-refractivity contribution is -0.162. The summed E-state index contributed by atoms with van der Waals surface area (Å²) >= 11 is 0. The van der Waals surface area contributed by atoms with E-state index >= 15 is 0 Å². The fourth-order valence-corrected chi connectivity index (χ4v) is 5.07. The number of cyclic esters (lactones) is 1. The van der Waals surface area contributed by atoms with Crippen LogP contribution in [0.5, 0.6) is 0 Å². The third-order valence-corrected chi connectivity index (χ3v) is 6.93. The lowest BCUT2D eigenvalue weighted by Crippen LogP contribution is -2.42. The van der Waals surface area contributed by atoms with E-state index in [2.05, 4.69) is 32.1 Å². The molecule has 1 saturated heterocycles. The number of hydrogen-bond acceptors (Lipinski definition) is 5. The highest BCUT2D eigenvalue weighted by atomic mass is 16.5. The van der Waals surface area contributed by atoms with Gasteiger partial charge in [0.05, 0.1) is 18.4 Å². The zero-order valence-electron chi connectivity index (χ0n) is 18.2. The molecule has 0 bridgehead atoms. The van der Waals surface area contributed by atoms with Crippen molar-refractivity contribution in [3.05, 3.63) is 23.8 Å². The summed E-state index contributed by atoms with van der Waals surface area (Å²) in [7, 11) is 0. The molecule has 162 valence electrons. The molecule has 0 aromatic carbocycles. The molecule has 1 heterocycles. The number of esters is 2. The average molecular weight is 405 g/mol. The van der Waals surface area contributed by atoms with Crippen molar-refractivity contribution in [1.82, 2.24) is 0 Å². The SMILES string of the molecule is CCC(C)C(=O)O[C@@H]1C[C@H](C)C=C2C=C[C@@H](C)[C@@H](CC[C@@H]3C[C@@H](O)CC(=O)O3)[C@@H]21. The molecular formula is C24H36O5. The Morgan fingerprint density at radius 1 is 1.31 bits per heavy atom. The van der Waals surface area contributed by atoms with E-state index in [0.29, 0.717) is 24.2 Å². The molecule has 5 heteroatoms. The Bertz CT molecular complexity index is 666. The maximum atomic E-state index is 12.5. The first-order chi connectivity index (χ1) is 13.8. The Hall–Kier alpha value is -1.62. The first kappa shape index (κ1) is 22.1. The zero-order chi connectivity index (χ0) is 21.1. The number of aliphatic hydroxyl groups excluding tert-OH is 1. The molecule has 0 radical (unpaired) electrons. The van der Waals surface area contributed by atoms with E-state index in [-0.39, 0.29) is 42.4 Å². The summed E-state index contributed by atoms with van der Waals surface area (Å²) in [5.41, 5.74) is 1.27. The van der Waals surface area contributed by atoms with Crippen LogP contribution in [0, 0.1) is 29.6 Å². The van der Waals surface area contributed by atoms with E-state index in [0.717, 1.165) is 25.7 Å². The Morgan fingerprint density at radius 3 is 2.76 bits per heavy atom. The van der Waals surface area contributed by atoms with Crippen molar-refractivity contribution in [2.45, 2.75) is 84.5 Å². The molecular weight excluding hydrogens is 368 g/mol. The van der Waals surface area contributed by atoms with E-state index in [9.17, 15) is 14.7 Å². The second kappa shape index (κ2) is 9.46. The van der Waals surface area contributed by atoms with Crippen molar-refractivity contribution >= 4 is 11.9 Å². The highest BCUT2D eigenvalue weighted by Gasteiger charge is 2.42. The Morgan fingerprint density at radius 2 is 2.07 bits per heavy atom. The van der Waals surface area contributed by atoms with Crippen LogP contribution in [0.2, 0.25) is 0 Å². The number of hydrogen-bond donors (Lipinski definition) is 1. The van der Waals surface area contributed by atoms with Gasteiger partial charge in [-0.05, 0) is 49.0 Å². The molecule has 1 fully saturated rings. The number of rotatable bonds is 6. The van der Waals surface area contributed by atoms with Crippen molar-refractivity contribution in [2.75, 3.05) is 0 Å². The number of carbonyl (C=O) groups is 2. The Kier molecular flexibility index (Phi) is 7.20. The summed E-state index contributed by atoms with van der Waals surface area (Å²) < 4.78 is 11.5. The molecule has 8 atom stereocenters. The summed E-state index contributed by atoms with van der Waals surface area (Å²) in [5, 5.41) is 9.89. The van der Waals surface area contributed by atoms with Crippen LogP contribution >= 0.6 is 0 Å². The van der Waals surface area contributed by atoms with Gasteiger partial charge < -0.3 is 14.6 Å². The summed E-state index contributed by atoms with van der Waals surface area (Å²) in [6.07, 6.45) is 9.70. The van der Waals surface area contributed by atoms with E-state index in [1.807, 2.05) is 13.8 Å². The third kappa shape index (κ3) is 5.30. The molecule has 1 N–H and O–H groups in total. The van der Waals surface area contributed by atoms with Crippen LogP contribution in [0.25, 0.3) is 0 Å². The zero-order valence-corrected chi connectivity index (χ0v) is 18.2. The van der Waals surface area contributed by atoms with Gasteiger partial charge in [-0.2, -0.15) is 0 Å². The van der Waals surface area contributed by atoms with Gasteiger partial charge >= 0.3 is 11.9 Å². The van der Waals surface area contributed by atoms with Crippen molar-refractivity contribution in [1.29, 1.82) is 0 Å². The quantitative estimate of drug-likeness (QED) is 0.672. The minimum atomic E-state index is -0.597. The normalized spacial score (nSPS) is 37.9. The predicted octanol–water partition coefficient (Wildman–Crippen LogP) is 4.20. The van der Waals surface area contributed by atoms with Gasteiger partial charge in [0, 0.05) is 12.3 Å². The van der Waals surface area contributed by atoms with Crippen LogP contribution in [0.3, 0.4) is 0 Å². The van der Waals surface area contributed by atoms with E-state index in [1.165, 1.54) is 5.57 Å². The molecule has 29 heavy (non-hydrogen) atoms. The molecule has 0 aromatic heterocycles. The summed E-state index contributed by atoms with van der Waals surface area (Å²) in [6, 6.07) is 0. The van der Waals surface area contributed by atoms with Gasteiger partial charge in [0.15, 0.2) is 0 Å². The molecule has 1 unspecified atom stereocenters. The molecule has 0 spiro atoms. The Balaban J connectivity index is 1.74. The molecule has 0 amide bonds. The monoisotopic (exact) mass is 404 g/mol. The van der Waals surface area contributed by atoms with Gasteiger partial charge in [-0.25, -0.2) is 0 Å². The van der Waals surface area contributed by atoms with Crippen LogP contribution in [-0.2, 0) is 19.1 Å². The van der Waals surface area contributed by atoms with Crippen LogP contribution in [0.15, 0.2) is 23.8 Å². The highest BCUT2D eigenvalue weighted by molar-refractivity contribution is 5.72. The topological polar surface area (TPSA) is 72.8 Å². The Labute approximate surface area is 174 Å². The molecule has 3 aliphatic rings. The number of aliphatic hydroxyl groups is 1. The average Bonchev–Trinajstić information content (AvgIpc) is 2.65. The summed E-state index contributed by atoms with van der Waals surface area (Å²) in [5.74, 6) is 0.755. The van der Waals surface area contributed by atoms with E-state index < -0.39 is 6.10 Å². The lowest BCUT2D eigenvalue weighted by atomic mass is 9.65. The van der Waals surface area contributed by atoms with Crippen molar-refractivity contribution < 1.29 is 24.2 Å². The van der Waals surface area contributed by atoms with E-state index in [4.69, 9.17) is 9.47 Å². The number of carbonyl (C=O) groups excluding carboxylic acids is 2. The molecule has 0 aromatic rings. The maximum absolute atomic E-state index is 12.5. The third-order valence-electron chi connectivity index (χ3n) is 6.93. The van der Waals surface area contributed by atoms with Gasteiger partial charge in [-0.3, -0.25) is 9.59 Å². The first-order valence-electron chi connectivity index (χ1n) is 11.3. The molecule has 0 saturated carbocycles. The molecule has 2 aliphatic carbocycles. The predicted molar refractivity (Wildman–Crippen MR) is 111 cm³/mol. The van der Waals surface area contributed by atoms with E-state index in [1.54, 1.807) is 0 Å². The largest absolute Gasteiger partial charge is 0.462 e. The van der Waals surface area contributed by atoms with Crippen LogP contribution in [-0.4, -0.2) is 35.4 Å². The van der Waals surface area contributed by atoms with Crippen LogP contribution in [0.4, 0.5) is 0 Å². The highest BCUT2D eigenvalue weighted by Crippen LogP contribution is 2.45. The van der Waals surface area contributed by atoms with Crippen LogP contribution in [0.1, 0.15) is 66.2 Å². The smallest absolute Gasteiger partial charge is 0.308 e. The fourth-order valence-electron chi connectivity index (χ4n) is 5.07. The second-order valence-corrected chi connectivity index (χ2v) is 9.36. The number of fused-ring (bicyclic) bond motifs is 1. The molecule has 5 nitrogen and oxygen atoms in total. The van der Waals surface area contributed by atoms with Gasteiger partial charge in [-0.15, -0.1) is 0 Å². The van der Waals surface area contributed by atoms with Crippen molar-refractivity contribution in [2.24, 2.45) is 29.6 Å². The van der Waals surface area contributed by atoms with Gasteiger partial charge in [0.1, 0.15) is 12.2 Å². The summed E-state index contributed by atoms with van der Waals surface area (Å²) in [4.78, 5) is 24.2.